The summed E-state index contributed by atoms with van der Waals surface area (Å²) in [7, 11) is 0. The Balaban J connectivity index is 1.83. The summed E-state index contributed by atoms with van der Waals surface area (Å²) in [6, 6.07) is 5.09. The van der Waals surface area contributed by atoms with Crippen molar-refractivity contribution in [3.05, 3.63) is 29.8 Å². The van der Waals surface area contributed by atoms with Gasteiger partial charge >= 0.3 is 6.04 Å². The zero-order valence-corrected chi connectivity index (χ0v) is 18.0. The van der Waals surface area contributed by atoms with Crippen LogP contribution in [-0.4, -0.2) is 12.6 Å². The van der Waals surface area contributed by atoms with Gasteiger partial charge < -0.3 is 4.74 Å². The third kappa shape index (κ3) is 12.9. The van der Waals surface area contributed by atoms with Crippen molar-refractivity contribution >= 4 is 6.04 Å². The Kier molecular flexibility index (Phi) is 15.6. The standard InChI is InChI=1S/C25H41FO2/c1-2-3-4-5-6-7-8-9-10-11-12-13-14-15-16-19-22-28-24-21-18-17-20-23(24)25(26)27/h17-18,20-21H,2-16,19,22H2,1H3. The zero-order chi connectivity index (χ0) is 20.3. The van der Waals surface area contributed by atoms with Crippen molar-refractivity contribution < 1.29 is 13.9 Å². The lowest BCUT2D eigenvalue weighted by atomic mass is 10.0. The predicted molar refractivity (Wildman–Crippen MR) is 117 cm³/mol. The summed E-state index contributed by atoms with van der Waals surface area (Å²) in [5.41, 5.74) is 0.0268. The lowest BCUT2D eigenvalue weighted by Gasteiger charge is -2.08. The summed E-state index contributed by atoms with van der Waals surface area (Å²) < 4.78 is 18.5. The van der Waals surface area contributed by atoms with E-state index in [1.165, 1.54) is 96.0 Å². The normalized spacial score (nSPS) is 10.9. The largest absolute Gasteiger partial charge is 0.493 e. The Morgan fingerprint density at radius 3 is 1.61 bits per heavy atom. The van der Waals surface area contributed by atoms with Crippen LogP contribution in [-0.2, 0) is 0 Å². The van der Waals surface area contributed by atoms with E-state index in [1.54, 1.807) is 18.2 Å². The summed E-state index contributed by atoms with van der Waals surface area (Å²) in [5.74, 6) is 0.357. The molecule has 0 bridgehead atoms. The van der Waals surface area contributed by atoms with Gasteiger partial charge in [-0.3, -0.25) is 4.79 Å². The number of rotatable bonds is 19. The van der Waals surface area contributed by atoms with Gasteiger partial charge in [-0.1, -0.05) is 115 Å². The molecule has 160 valence electrons. The van der Waals surface area contributed by atoms with Crippen LogP contribution in [0.4, 0.5) is 4.39 Å². The van der Waals surface area contributed by atoms with Gasteiger partial charge in [-0.25, -0.2) is 0 Å². The molecule has 0 fully saturated rings. The molecule has 0 aromatic heterocycles. The molecule has 2 nitrogen and oxygen atoms in total. The maximum Gasteiger partial charge on any atom is 0.335 e. The number of hydrogen-bond acceptors (Lipinski definition) is 2. The minimum atomic E-state index is -1.43. The van der Waals surface area contributed by atoms with Crippen molar-refractivity contribution in [2.75, 3.05) is 6.61 Å². The van der Waals surface area contributed by atoms with Gasteiger partial charge in [0.15, 0.2) is 0 Å². The molecule has 0 aliphatic heterocycles. The lowest BCUT2D eigenvalue weighted by Crippen LogP contribution is -2.02. The second kappa shape index (κ2) is 17.7. The number of carbonyl (C=O) groups is 1. The Morgan fingerprint density at radius 1 is 0.714 bits per heavy atom. The molecular weight excluding hydrogens is 351 g/mol. The number of benzene rings is 1. The molecule has 0 saturated heterocycles. The summed E-state index contributed by atoms with van der Waals surface area (Å²) in [4.78, 5) is 10.9. The number of para-hydroxylation sites is 1. The molecule has 1 aromatic rings. The van der Waals surface area contributed by atoms with Gasteiger partial charge in [-0.15, -0.1) is 0 Å². The molecule has 0 saturated carbocycles. The summed E-state index contributed by atoms with van der Waals surface area (Å²) in [5, 5.41) is 0. The van der Waals surface area contributed by atoms with Gasteiger partial charge in [-0.2, -0.15) is 4.39 Å². The van der Waals surface area contributed by atoms with E-state index in [1.807, 2.05) is 0 Å². The van der Waals surface area contributed by atoms with Gasteiger partial charge in [0.2, 0.25) is 0 Å². The van der Waals surface area contributed by atoms with Gasteiger partial charge in [0.25, 0.3) is 0 Å². The van der Waals surface area contributed by atoms with Gasteiger partial charge in [0.1, 0.15) is 5.75 Å². The zero-order valence-electron chi connectivity index (χ0n) is 18.0. The van der Waals surface area contributed by atoms with Crippen molar-refractivity contribution in [2.24, 2.45) is 0 Å². The van der Waals surface area contributed by atoms with Crippen LogP contribution in [0.1, 0.15) is 120 Å². The first-order valence-corrected chi connectivity index (χ1v) is 11.7. The van der Waals surface area contributed by atoms with E-state index in [0.29, 0.717) is 12.4 Å². The number of unbranched alkanes of at least 4 members (excludes halogenated alkanes) is 15. The fraction of sp³-hybridized carbons (Fsp3) is 0.720. The van der Waals surface area contributed by atoms with Crippen LogP contribution in [0.2, 0.25) is 0 Å². The van der Waals surface area contributed by atoms with Crippen molar-refractivity contribution in [1.82, 2.24) is 0 Å². The van der Waals surface area contributed by atoms with E-state index in [2.05, 4.69) is 6.92 Å². The average molecular weight is 393 g/mol. The van der Waals surface area contributed by atoms with Crippen molar-refractivity contribution in [3.8, 4) is 5.75 Å². The molecular formula is C25H41FO2. The summed E-state index contributed by atoms with van der Waals surface area (Å²) in [6.45, 7) is 2.82. The minimum absolute atomic E-state index is 0.0268. The molecule has 0 spiro atoms. The minimum Gasteiger partial charge on any atom is -0.493 e. The number of carbonyl (C=O) groups excluding carboxylic acids is 1. The van der Waals surface area contributed by atoms with Crippen LogP contribution in [0.25, 0.3) is 0 Å². The maximum atomic E-state index is 12.9. The first-order chi connectivity index (χ1) is 13.8. The molecule has 0 unspecified atom stereocenters. The number of halogens is 1. The summed E-state index contributed by atoms with van der Waals surface area (Å²) in [6.07, 6.45) is 21.3. The van der Waals surface area contributed by atoms with Gasteiger partial charge in [-0.05, 0) is 18.6 Å². The van der Waals surface area contributed by atoms with Crippen molar-refractivity contribution in [1.29, 1.82) is 0 Å². The fourth-order valence-corrected chi connectivity index (χ4v) is 3.59. The quantitative estimate of drug-likeness (QED) is 0.174. The maximum absolute atomic E-state index is 12.9. The van der Waals surface area contributed by atoms with Crippen LogP contribution in [0.5, 0.6) is 5.75 Å². The molecule has 0 radical (unpaired) electrons. The van der Waals surface area contributed by atoms with E-state index in [9.17, 15) is 9.18 Å². The van der Waals surface area contributed by atoms with Crippen molar-refractivity contribution in [3.63, 3.8) is 0 Å². The predicted octanol–water partition coefficient (Wildman–Crippen LogP) is 8.44. The first kappa shape index (κ1) is 24.7. The second-order valence-corrected chi connectivity index (χ2v) is 7.92. The Labute approximate surface area is 172 Å². The van der Waals surface area contributed by atoms with Gasteiger partial charge in [0.05, 0.1) is 12.2 Å². The highest BCUT2D eigenvalue weighted by atomic mass is 19.1. The van der Waals surface area contributed by atoms with Crippen LogP contribution < -0.4 is 4.74 Å². The highest BCUT2D eigenvalue weighted by Gasteiger charge is 2.10. The van der Waals surface area contributed by atoms with E-state index in [4.69, 9.17) is 4.74 Å². The average Bonchev–Trinajstić information content (AvgIpc) is 2.70. The van der Waals surface area contributed by atoms with Crippen LogP contribution in [0, 0.1) is 0 Å². The molecule has 0 aliphatic carbocycles. The van der Waals surface area contributed by atoms with E-state index >= 15 is 0 Å². The molecule has 1 rings (SSSR count). The lowest BCUT2D eigenvalue weighted by molar-refractivity contribution is 0.0831. The highest BCUT2D eigenvalue weighted by molar-refractivity contribution is 5.91. The molecule has 0 atom stereocenters. The summed E-state index contributed by atoms with van der Waals surface area (Å²) >= 11 is 0. The molecule has 3 heteroatoms. The third-order valence-corrected chi connectivity index (χ3v) is 5.35. The smallest absolute Gasteiger partial charge is 0.335 e. The molecule has 1 aromatic carbocycles. The van der Waals surface area contributed by atoms with Crippen LogP contribution >= 0.6 is 0 Å². The SMILES string of the molecule is CCCCCCCCCCCCCCCCCCOc1ccccc1C(=O)F. The number of ether oxygens (including phenoxy) is 1. The monoisotopic (exact) mass is 392 g/mol. The molecule has 0 aliphatic rings. The fourth-order valence-electron chi connectivity index (χ4n) is 3.59. The molecule has 0 heterocycles. The van der Waals surface area contributed by atoms with Crippen molar-refractivity contribution in [2.45, 2.75) is 110 Å². The van der Waals surface area contributed by atoms with Gasteiger partial charge in [0, 0.05) is 0 Å². The molecule has 0 amide bonds. The Hall–Kier alpha value is -1.38. The number of hydrogen-bond donors (Lipinski definition) is 0. The topological polar surface area (TPSA) is 26.3 Å². The first-order valence-electron chi connectivity index (χ1n) is 11.7. The van der Waals surface area contributed by atoms with E-state index in [-0.39, 0.29) is 5.56 Å². The molecule has 0 N–H and O–H groups in total. The Morgan fingerprint density at radius 2 is 1.14 bits per heavy atom. The molecule has 28 heavy (non-hydrogen) atoms. The van der Waals surface area contributed by atoms with Crippen LogP contribution in [0.15, 0.2) is 24.3 Å². The van der Waals surface area contributed by atoms with Crippen LogP contribution in [0.3, 0.4) is 0 Å². The van der Waals surface area contributed by atoms with E-state index in [0.717, 1.165) is 12.8 Å². The Bertz CT molecular complexity index is 501. The second-order valence-electron chi connectivity index (χ2n) is 7.92. The van der Waals surface area contributed by atoms with E-state index < -0.39 is 6.04 Å². The highest BCUT2D eigenvalue weighted by Crippen LogP contribution is 2.19. The third-order valence-electron chi connectivity index (χ3n) is 5.35.